The second kappa shape index (κ2) is 7.51. The van der Waals surface area contributed by atoms with Gasteiger partial charge in [-0.1, -0.05) is 30.0 Å². The maximum absolute atomic E-state index is 13.0. The molecule has 146 valence electrons. The molecule has 0 saturated heterocycles. The van der Waals surface area contributed by atoms with Gasteiger partial charge in [-0.3, -0.25) is 18.7 Å². The minimum absolute atomic E-state index is 0.134. The van der Waals surface area contributed by atoms with E-state index in [1.54, 1.807) is 13.0 Å². The summed E-state index contributed by atoms with van der Waals surface area (Å²) in [6.07, 6.45) is 1.76. The Kier molecular flexibility index (Phi) is 5.28. The lowest BCUT2D eigenvalue weighted by Crippen LogP contribution is -2.42. The number of aromatic nitrogens is 4. The first kappa shape index (κ1) is 19.7. The number of imidazole rings is 1. The number of carbonyl (C=O) groups is 1. The number of nitrogens with two attached hydrogens (primary N) is 1. The maximum Gasteiger partial charge on any atom is 0.332 e. The van der Waals surface area contributed by atoms with Gasteiger partial charge in [0.2, 0.25) is 0 Å². The van der Waals surface area contributed by atoms with E-state index in [1.807, 2.05) is 28.8 Å². The van der Waals surface area contributed by atoms with Crippen molar-refractivity contribution < 1.29 is 4.79 Å². The number of hydrogen-bond acceptors (Lipinski definition) is 6. The Morgan fingerprint density at radius 2 is 1.96 bits per heavy atom. The highest BCUT2D eigenvalue weighted by molar-refractivity contribution is 8.00. The number of rotatable bonds is 6. The summed E-state index contributed by atoms with van der Waals surface area (Å²) in [4.78, 5) is 42.0. The van der Waals surface area contributed by atoms with Crippen LogP contribution in [0.4, 0.5) is 5.82 Å². The van der Waals surface area contributed by atoms with Crippen LogP contribution >= 0.6 is 11.8 Å². The molecule has 0 amide bonds. The summed E-state index contributed by atoms with van der Waals surface area (Å²) in [6, 6.07) is 7.66. The number of hydrogen-bond donors (Lipinski definition) is 1. The van der Waals surface area contributed by atoms with E-state index in [0.29, 0.717) is 11.7 Å². The number of benzene rings is 1. The molecule has 3 aromatic rings. The second-order valence-electron chi connectivity index (χ2n) is 6.37. The summed E-state index contributed by atoms with van der Waals surface area (Å²) in [7, 11) is 2.75. The number of thioether (sulfide) groups is 1. The van der Waals surface area contributed by atoms with Gasteiger partial charge in [0.1, 0.15) is 11.4 Å². The van der Waals surface area contributed by atoms with Crippen molar-refractivity contribution in [2.24, 2.45) is 14.1 Å². The van der Waals surface area contributed by atoms with Gasteiger partial charge in [-0.05, 0) is 19.1 Å². The van der Waals surface area contributed by atoms with Crippen LogP contribution in [0.15, 0.2) is 51.7 Å². The highest BCUT2D eigenvalue weighted by Crippen LogP contribution is 2.29. The Labute approximate surface area is 165 Å². The molecule has 8 nitrogen and oxygen atoms in total. The zero-order valence-corrected chi connectivity index (χ0v) is 16.7. The molecule has 1 unspecified atom stereocenters. The third-order valence-corrected chi connectivity index (χ3v) is 5.63. The molecule has 9 heteroatoms. The molecule has 0 aliphatic rings. The van der Waals surface area contributed by atoms with Crippen LogP contribution in [0.1, 0.15) is 17.3 Å². The minimum Gasteiger partial charge on any atom is -0.384 e. The van der Waals surface area contributed by atoms with E-state index in [-0.39, 0.29) is 11.4 Å². The number of allylic oxidation sites excluding steroid dienone is 1. The van der Waals surface area contributed by atoms with Crippen LogP contribution in [0.2, 0.25) is 0 Å². The first-order valence-electron chi connectivity index (χ1n) is 8.60. The molecule has 0 fully saturated rings. The quantitative estimate of drug-likeness (QED) is 0.383. The van der Waals surface area contributed by atoms with Crippen LogP contribution in [0.25, 0.3) is 11.0 Å². The number of carbonyl (C=O) groups excluding carboxylic acids is 1. The van der Waals surface area contributed by atoms with Crippen LogP contribution in [0.5, 0.6) is 0 Å². The SMILES string of the molecule is C=CCn1c(SC(C)C(=O)c2c(N)n(C)c(=O)n(C)c2=O)nc2ccccc21. The average Bonchev–Trinajstić information content (AvgIpc) is 3.02. The molecule has 1 atom stereocenters. The molecule has 0 saturated carbocycles. The highest BCUT2D eigenvalue weighted by atomic mass is 32.2. The zero-order chi connectivity index (χ0) is 20.6. The largest absolute Gasteiger partial charge is 0.384 e. The molecule has 0 aliphatic heterocycles. The van der Waals surface area contributed by atoms with Crippen molar-refractivity contribution in [3.63, 3.8) is 0 Å². The monoisotopic (exact) mass is 399 g/mol. The predicted molar refractivity (Wildman–Crippen MR) is 111 cm³/mol. The molecule has 3 rings (SSSR count). The molecule has 0 radical (unpaired) electrons. The van der Waals surface area contributed by atoms with E-state index in [2.05, 4.69) is 11.6 Å². The Hall–Kier alpha value is -3.07. The van der Waals surface area contributed by atoms with Gasteiger partial charge in [0, 0.05) is 20.6 Å². The van der Waals surface area contributed by atoms with E-state index in [4.69, 9.17) is 5.73 Å². The maximum atomic E-state index is 13.0. The standard InChI is InChI=1S/C19H21N5O3S/c1-5-10-24-13-9-7-6-8-12(13)21-18(24)28-11(2)15(25)14-16(20)22(3)19(27)23(4)17(14)26/h5-9,11H,1,10,20H2,2-4H3. The van der Waals surface area contributed by atoms with Crippen molar-refractivity contribution in [2.45, 2.75) is 23.9 Å². The number of anilines is 1. The first-order valence-corrected chi connectivity index (χ1v) is 9.48. The topological polar surface area (TPSA) is 105 Å². The summed E-state index contributed by atoms with van der Waals surface area (Å²) in [5.41, 5.74) is 6.19. The third kappa shape index (κ3) is 3.18. The molecule has 0 aliphatic carbocycles. The Balaban J connectivity index is 2.02. The second-order valence-corrected chi connectivity index (χ2v) is 7.68. The van der Waals surface area contributed by atoms with Crippen LogP contribution in [0.3, 0.4) is 0 Å². The molecule has 2 N–H and O–H groups in total. The van der Waals surface area contributed by atoms with E-state index < -0.39 is 22.3 Å². The number of nitrogens with zero attached hydrogens (tertiary/aromatic N) is 4. The molecule has 0 spiro atoms. The zero-order valence-electron chi connectivity index (χ0n) is 15.9. The van der Waals surface area contributed by atoms with Crippen LogP contribution in [0, 0.1) is 0 Å². The summed E-state index contributed by atoms with van der Waals surface area (Å²) in [5, 5.41) is 0.00930. The lowest BCUT2D eigenvalue weighted by atomic mass is 10.1. The van der Waals surface area contributed by atoms with Crippen molar-refractivity contribution in [3.8, 4) is 0 Å². The Bertz CT molecular complexity index is 1200. The van der Waals surface area contributed by atoms with Crippen molar-refractivity contribution in [2.75, 3.05) is 5.73 Å². The number of fused-ring (bicyclic) bond motifs is 1. The molecule has 2 heterocycles. The Morgan fingerprint density at radius 1 is 1.29 bits per heavy atom. The first-order chi connectivity index (χ1) is 13.3. The third-order valence-electron chi connectivity index (χ3n) is 4.54. The molecule has 0 bridgehead atoms. The highest BCUT2D eigenvalue weighted by Gasteiger charge is 2.27. The summed E-state index contributed by atoms with van der Waals surface area (Å²) >= 11 is 1.24. The van der Waals surface area contributed by atoms with E-state index in [9.17, 15) is 14.4 Å². The van der Waals surface area contributed by atoms with E-state index >= 15 is 0 Å². The number of Topliss-reactive ketones (excluding diaryl/α,β-unsaturated/α-hetero) is 1. The number of nitrogen functional groups attached to an aromatic ring is 1. The lowest BCUT2D eigenvalue weighted by Gasteiger charge is -2.14. The van der Waals surface area contributed by atoms with Gasteiger partial charge in [0.15, 0.2) is 10.9 Å². The van der Waals surface area contributed by atoms with Gasteiger partial charge in [-0.15, -0.1) is 6.58 Å². The van der Waals surface area contributed by atoms with E-state index in [0.717, 1.165) is 20.2 Å². The van der Waals surface area contributed by atoms with Crippen LogP contribution in [-0.2, 0) is 20.6 Å². The van der Waals surface area contributed by atoms with Crippen LogP contribution < -0.4 is 17.0 Å². The fourth-order valence-electron chi connectivity index (χ4n) is 2.96. The van der Waals surface area contributed by atoms with Gasteiger partial charge in [-0.2, -0.15) is 0 Å². The minimum atomic E-state index is -0.697. The van der Waals surface area contributed by atoms with Gasteiger partial charge in [-0.25, -0.2) is 9.78 Å². The fourth-order valence-corrected chi connectivity index (χ4v) is 3.95. The summed E-state index contributed by atoms with van der Waals surface area (Å²) in [6.45, 7) is 6.00. The van der Waals surface area contributed by atoms with Gasteiger partial charge in [0.25, 0.3) is 5.56 Å². The fraction of sp³-hybridized carbons (Fsp3) is 0.263. The van der Waals surface area contributed by atoms with E-state index in [1.165, 1.54) is 25.9 Å². The van der Waals surface area contributed by atoms with Gasteiger partial charge < -0.3 is 10.3 Å². The molecule has 2 aromatic heterocycles. The van der Waals surface area contributed by atoms with Gasteiger partial charge >= 0.3 is 5.69 Å². The lowest BCUT2D eigenvalue weighted by molar-refractivity contribution is 0.0992. The smallest absolute Gasteiger partial charge is 0.332 e. The van der Waals surface area contributed by atoms with Crippen LogP contribution in [-0.4, -0.2) is 29.7 Å². The van der Waals surface area contributed by atoms with Gasteiger partial charge in [0.05, 0.1) is 16.3 Å². The van der Waals surface area contributed by atoms with Crippen molar-refractivity contribution in [1.29, 1.82) is 0 Å². The summed E-state index contributed by atoms with van der Waals surface area (Å²) in [5.74, 6) is -0.582. The Morgan fingerprint density at radius 3 is 2.64 bits per heavy atom. The number of ketones is 1. The summed E-state index contributed by atoms with van der Waals surface area (Å²) < 4.78 is 3.94. The molecular weight excluding hydrogens is 378 g/mol. The molecule has 28 heavy (non-hydrogen) atoms. The van der Waals surface area contributed by atoms with Crippen molar-refractivity contribution >= 4 is 34.4 Å². The van der Waals surface area contributed by atoms with Crippen molar-refractivity contribution in [1.82, 2.24) is 18.7 Å². The van der Waals surface area contributed by atoms with Crippen molar-refractivity contribution in [3.05, 3.63) is 63.3 Å². The molecule has 1 aromatic carbocycles. The average molecular weight is 399 g/mol. The number of para-hydroxylation sites is 2. The molecular formula is C19H21N5O3S. The predicted octanol–water partition coefficient (Wildman–Crippen LogP) is 1.57. The normalized spacial score (nSPS) is 12.2.